The highest BCUT2D eigenvalue weighted by molar-refractivity contribution is 6.29. The van der Waals surface area contributed by atoms with Crippen LogP contribution in [0.4, 0.5) is 0 Å². The lowest BCUT2D eigenvalue weighted by Gasteiger charge is -2.22. The van der Waals surface area contributed by atoms with Gasteiger partial charge < -0.3 is 10.4 Å². The number of pyridine rings is 1. The van der Waals surface area contributed by atoms with E-state index in [4.69, 9.17) is 16.7 Å². The molecule has 0 radical (unpaired) electrons. The average Bonchev–Trinajstić information content (AvgIpc) is 2.26. The van der Waals surface area contributed by atoms with Crippen LogP contribution in [0.5, 0.6) is 0 Å². The number of hydrogen-bond donors (Lipinski definition) is 2. The number of carbonyl (C=O) groups excluding carboxylic acids is 1. The third kappa shape index (κ3) is 4.97. The van der Waals surface area contributed by atoms with E-state index >= 15 is 0 Å². The van der Waals surface area contributed by atoms with Crippen molar-refractivity contribution in [3.63, 3.8) is 0 Å². The highest BCUT2D eigenvalue weighted by Gasteiger charge is 2.17. The summed E-state index contributed by atoms with van der Waals surface area (Å²) in [6, 6.07) is 3.40. The molecule has 5 heteroatoms. The van der Waals surface area contributed by atoms with Crippen LogP contribution in [0.15, 0.2) is 24.4 Å². The van der Waals surface area contributed by atoms with Crippen molar-refractivity contribution in [1.82, 2.24) is 10.3 Å². The molecule has 2 N–H and O–H groups in total. The van der Waals surface area contributed by atoms with Gasteiger partial charge in [0, 0.05) is 12.3 Å². The molecule has 1 amide bonds. The highest BCUT2D eigenvalue weighted by atomic mass is 35.5. The van der Waals surface area contributed by atoms with Crippen molar-refractivity contribution in [2.24, 2.45) is 0 Å². The van der Waals surface area contributed by atoms with Gasteiger partial charge in [0.15, 0.2) is 0 Å². The first-order valence-electron chi connectivity index (χ1n) is 5.15. The number of nitrogens with zero attached hydrogens (tertiary/aromatic N) is 1. The van der Waals surface area contributed by atoms with E-state index in [1.807, 2.05) is 0 Å². The molecule has 17 heavy (non-hydrogen) atoms. The molecule has 0 spiro atoms. The summed E-state index contributed by atoms with van der Waals surface area (Å²) in [5, 5.41) is 12.0. The molecule has 1 aromatic heterocycles. The van der Waals surface area contributed by atoms with Gasteiger partial charge >= 0.3 is 0 Å². The number of hydrogen-bond acceptors (Lipinski definition) is 3. The monoisotopic (exact) mass is 254 g/mol. The molecular formula is C12H15ClN2O2. The summed E-state index contributed by atoms with van der Waals surface area (Å²) < 4.78 is 0. The summed E-state index contributed by atoms with van der Waals surface area (Å²) in [6.07, 6.45) is 4.59. The number of aliphatic hydroxyl groups excluding tert-OH is 1. The molecule has 0 atom stereocenters. The van der Waals surface area contributed by atoms with E-state index in [2.05, 4.69) is 10.3 Å². The molecule has 92 valence electrons. The topological polar surface area (TPSA) is 62.2 Å². The maximum absolute atomic E-state index is 11.5. The maximum atomic E-state index is 11.5. The lowest BCUT2D eigenvalue weighted by molar-refractivity contribution is -0.118. The minimum Gasteiger partial charge on any atom is -0.394 e. The smallest absolute Gasteiger partial charge is 0.244 e. The summed E-state index contributed by atoms with van der Waals surface area (Å²) in [6.45, 7) is 3.36. The van der Waals surface area contributed by atoms with E-state index in [0.717, 1.165) is 5.56 Å². The Labute approximate surface area is 105 Å². The first-order valence-corrected chi connectivity index (χ1v) is 5.53. The summed E-state index contributed by atoms with van der Waals surface area (Å²) in [5.74, 6) is -0.267. The fourth-order valence-corrected chi connectivity index (χ4v) is 1.29. The molecule has 1 rings (SSSR count). The molecule has 0 aromatic carbocycles. The minimum atomic E-state index is -0.628. The number of aromatic nitrogens is 1. The molecule has 0 fully saturated rings. The second-order valence-corrected chi connectivity index (χ2v) is 4.66. The Balaban J connectivity index is 2.63. The normalized spacial score (nSPS) is 11.8. The molecule has 0 aliphatic heterocycles. The number of rotatable bonds is 4. The summed E-state index contributed by atoms with van der Waals surface area (Å²) >= 11 is 5.71. The first kappa shape index (κ1) is 13.7. The lowest BCUT2D eigenvalue weighted by atomic mass is 10.1. The largest absolute Gasteiger partial charge is 0.394 e. The van der Waals surface area contributed by atoms with Gasteiger partial charge in [-0.1, -0.05) is 11.6 Å². The lowest BCUT2D eigenvalue weighted by Crippen LogP contribution is -2.45. The Morgan fingerprint density at radius 3 is 2.94 bits per heavy atom. The molecule has 0 aliphatic rings. The zero-order chi connectivity index (χ0) is 12.9. The number of carbonyl (C=O) groups is 1. The summed E-state index contributed by atoms with van der Waals surface area (Å²) in [5.41, 5.74) is 0.166. The van der Waals surface area contributed by atoms with E-state index in [-0.39, 0.29) is 12.5 Å². The number of amides is 1. The van der Waals surface area contributed by atoms with E-state index in [9.17, 15) is 4.79 Å². The van der Waals surface area contributed by atoms with Gasteiger partial charge in [0.25, 0.3) is 0 Å². The quantitative estimate of drug-likeness (QED) is 0.634. The molecule has 0 bridgehead atoms. The van der Waals surface area contributed by atoms with Crippen LogP contribution in [-0.2, 0) is 4.79 Å². The predicted molar refractivity (Wildman–Crippen MR) is 67.6 cm³/mol. The van der Waals surface area contributed by atoms with Crippen molar-refractivity contribution >= 4 is 23.6 Å². The standard InChI is InChI=1S/C12H15ClN2O2/c1-12(2,8-16)15-11(17)4-3-9-5-6-14-10(13)7-9/h3-7,16H,8H2,1-2H3,(H,15,17)/b4-3+. The van der Waals surface area contributed by atoms with Gasteiger partial charge in [0.05, 0.1) is 12.1 Å². The highest BCUT2D eigenvalue weighted by Crippen LogP contribution is 2.08. The molecule has 0 unspecified atom stereocenters. The molecule has 0 saturated carbocycles. The molecular weight excluding hydrogens is 240 g/mol. The number of aliphatic hydroxyl groups is 1. The number of nitrogens with one attached hydrogen (secondary N) is 1. The average molecular weight is 255 g/mol. The van der Waals surface area contributed by atoms with Crippen molar-refractivity contribution in [2.45, 2.75) is 19.4 Å². The molecule has 1 heterocycles. The number of halogens is 1. The van der Waals surface area contributed by atoms with E-state index in [0.29, 0.717) is 5.15 Å². The van der Waals surface area contributed by atoms with Crippen molar-refractivity contribution in [3.05, 3.63) is 35.1 Å². The molecule has 0 aliphatic carbocycles. The molecule has 0 saturated heterocycles. The van der Waals surface area contributed by atoms with Gasteiger partial charge in [-0.15, -0.1) is 0 Å². The Kier molecular flexibility index (Phi) is 4.66. The van der Waals surface area contributed by atoms with Crippen LogP contribution in [-0.4, -0.2) is 28.1 Å². The van der Waals surface area contributed by atoms with Gasteiger partial charge in [-0.3, -0.25) is 4.79 Å². The minimum absolute atomic E-state index is 0.117. The van der Waals surface area contributed by atoms with E-state index in [1.54, 1.807) is 38.3 Å². The van der Waals surface area contributed by atoms with Crippen LogP contribution in [0.2, 0.25) is 5.15 Å². The van der Waals surface area contributed by atoms with Crippen LogP contribution in [0.3, 0.4) is 0 Å². The fraction of sp³-hybridized carbons (Fsp3) is 0.333. The van der Waals surface area contributed by atoms with Crippen LogP contribution in [0, 0.1) is 0 Å². The Bertz CT molecular complexity index is 430. The van der Waals surface area contributed by atoms with Crippen LogP contribution < -0.4 is 5.32 Å². The predicted octanol–water partition coefficient (Wildman–Crippen LogP) is 1.64. The zero-order valence-electron chi connectivity index (χ0n) is 9.77. The van der Waals surface area contributed by atoms with Crippen molar-refractivity contribution < 1.29 is 9.90 Å². The van der Waals surface area contributed by atoms with E-state index < -0.39 is 5.54 Å². The Hall–Kier alpha value is -1.39. The van der Waals surface area contributed by atoms with Crippen molar-refractivity contribution in [3.8, 4) is 0 Å². The third-order valence-electron chi connectivity index (χ3n) is 2.03. The van der Waals surface area contributed by atoms with Crippen LogP contribution >= 0.6 is 11.6 Å². The van der Waals surface area contributed by atoms with Crippen LogP contribution in [0.1, 0.15) is 19.4 Å². The van der Waals surface area contributed by atoms with Crippen LogP contribution in [0.25, 0.3) is 6.08 Å². The summed E-state index contributed by atoms with van der Waals surface area (Å²) in [4.78, 5) is 15.4. The Morgan fingerprint density at radius 2 is 2.35 bits per heavy atom. The summed E-state index contributed by atoms with van der Waals surface area (Å²) in [7, 11) is 0. The second-order valence-electron chi connectivity index (χ2n) is 4.28. The third-order valence-corrected chi connectivity index (χ3v) is 2.24. The fourth-order valence-electron chi connectivity index (χ4n) is 1.11. The van der Waals surface area contributed by atoms with Gasteiger partial charge in [0.2, 0.25) is 5.91 Å². The second kappa shape index (κ2) is 5.80. The van der Waals surface area contributed by atoms with Gasteiger partial charge in [-0.05, 0) is 37.6 Å². The Morgan fingerprint density at radius 1 is 1.65 bits per heavy atom. The van der Waals surface area contributed by atoms with Gasteiger partial charge in [0.1, 0.15) is 5.15 Å². The maximum Gasteiger partial charge on any atom is 0.244 e. The first-order chi connectivity index (χ1) is 7.93. The zero-order valence-corrected chi connectivity index (χ0v) is 10.5. The molecule has 1 aromatic rings. The van der Waals surface area contributed by atoms with Gasteiger partial charge in [-0.25, -0.2) is 4.98 Å². The van der Waals surface area contributed by atoms with Crippen molar-refractivity contribution in [1.29, 1.82) is 0 Å². The van der Waals surface area contributed by atoms with E-state index in [1.165, 1.54) is 6.08 Å². The van der Waals surface area contributed by atoms with Gasteiger partial charge in [-0.2, -0.15) is 0 Å². The molecule has 4 nitrogen and oxygen atoms in total. The van der Waals surface area contributed by atoms with Crippen molar-refractivity contribution in [2.75, 3.05) is 6.61 Å². The SMILES string of the molecule is CC(C)(CO)NC(=O)/C=C/c1ccnc(Cl)c1.